The first-order valence-corrected chi connectivity index (χ1v) is 9.31. The van der Waals surface area contributed by atoms with Crippen LogP contribution in [0.5, 0.6) is 0 Å². The third-order valence-electron chi connectivity index (χ3n) is 5.00. The van der Waals surface area contributed by atoms with Gasteiger partial charge in [0, 0.05) is 46.3 Å². The molecular weight excluding hydrogens is 336 g/mol. The highest BCUT2D eigenvalue weighted by Gasteiger charge is 2.28. The number of urea groups is 1. The molecule has 0 aliphatic carbocycles. The van der Waals surface area contributed by atoms with Gasteiger partial charge in [-0.05, 0) is 25.7 Å². The number of nitrogens with zero attached hydrogens (tertiary/aromatic N) is 6. The molecule has 0 bridgehead atoms. The topological polar surface area (TPSA) is 83.8 Å². The minimum absolute atomic E-state index is 0.0662. The van der Waals surface area contributed by atoms with Crippen molar-refractivity contribution in [2.75, 3.05) is 46.9 Å². The Kier molecular flexibility index (Phi) is 6.08. The summed E-state index contributed by atoms with van der Waals surface area (Å²) in [6, 6.07) is 0.276. The summed E-state index contributed by atoms with van der Waals surface area (Å²) < 4.78 is 6.98. The van der Waals surface area contributed by atoms with Gasteiger partial charge in [-0.1, -0.05) is 5.21 Å². The Morgan fingerprint density at radius 3 is 2.73 bits per heavy atom. The predicted octanol–water partition coefficient (Wildman–Crippen LogP) is 0.677. The van der Waals surface area contributed by atoms with Gasteiger partial charge in [-0.15, -0.1) is 5.10 Å². The molecule has 26 heavy (non-hydrogen) atoms. The monoisotopic (exact) mass is 364 g/mol. The molecule has 0 aromatic carbocycles. The van der Waals surface area contributed by atoms with E-state index >= 15 is 0 Å². The van der Waals surface area contributed by atoms with Crippen molar-refractivity contribution in [3.8, 4) is 0 Å². The highest BCUT2D eigenvalue weighted by atomic mass is 16.5. The molecule has 0 saturated carbocycles. The van der Waals surface area contributed by atoms with Gasteiger partial charge in [0.15, 0.2) is 5.69 Å². The van der Waals surface area contributed by atoms with E-state index in [1.807, 2.05) is 4.90 Å². The number of likely N-dealkylation sites (tertiary alicyclic amines) is 1. The summed E-state index contributed by atoms with van der Waals surface area (Å²) in [6.07, 6.45) is 5.72. The number of aryl methyl sites for hydroxylation is 1. The Balaban J connectivity index is 1.56. The van der Waals surface area contributed by atoms with Crippen LogP contribution in [0, 0.1) is 0 Å². The maximum atomic E-state index is 12.4. The van der Waals surface area contributed by atoms with Crippen LogP contribution in [-0.2, 0) is 11.3 Å². The van der Waals surface area contributed by atoms with E-state index in [0.29, 0.717) is 38.5 Å². The standard InChI is InChI=1S/C17H28N6O3/c1-20(2)17(25)23-7-4-3-5-14(23)6-8-22-13-15(18-19-22)16(24)21-9-11-26-12-10-21/h13-14H,3-12H2,1-2H3. The minimum atomic E-state index is -0.0957. The maximum absolute atomic E-state index is 12.4. The molecule has 3 amide bonds. The molecule has 0 N–H and O–H groups in total. The summed E-state index contributed by atoms with van der Waals surface area (Å²) in [4.78, 5) is 30.1. The summed E-state index contributed by atoms with van der Waals surface area (Å²) in [7, 11) is 3.57. The number of carbonyl (C=O) groups excluding carboxylic acids is 2. The number of piperidine rings is 1. The van der Waals surface area contributed by atoms with Crippen LogP contribution in [0.4, 0.5) is 4.79 Å². The first-order chi connectivity index (χ1) is 12.6. The minimum Gasteiger partial charge on any atom is -0.378 e. The van der Waals surface area contributed by atoms with Crippen molar-refractivity contribution in [1.29, 1.82) is 0 Å². The van der Waals surface area contributed by atoms with Crippen LogP contribution in [0.1, 0.15) is 36.2 Å². The maximum Gasteiger partial charge on any atom is 0.319 e. The van der Waals surface area contributed by atoms with Crippen LogP contribution in [0.3, 0.4) is 0 Å². The number of carbonyl (C=O) groups is 2. The number of hydrogen-bond donors (Lipinski definition) is 0. The van der Waals surface area contributed by atoms with Crippen molar-refractivity contribution in [3.63, 3.8) is 0 Å². The molecule has 1 atom stereocenters. The molecule has 0 spiro atoms. The van der Waals surface area contributed by atoms with Gasteiger partial charge in [0.1, 0.15) is 0 Å². The van der Waals surface area contributed by atoms with Crippen molar-refractivity contribution in [3.05, 3.63) is 11.9 Å². The second kappa shape index (κ2) is 8.48. The van der Waals surface area contributed by atoms with Crippen molar-refractivity contribution in [2.24, 2.45) is 0 Å². The second-order valence-electron chi connectivity index (χ2n) is 7.08. The summed E-state index contributed by atoms with van der Waals surface area (Å²) >= 11 is 0. The summed E-state index contributed by atoms with van der Waals surface area (Å²) in [5, 5.41) is 8.13. The van der Waals surface area contributed by atoms with Gasteiger partial charge in [-0.2, -0.15) is 0 Å². The third-order valence-corrected chi connectivity index (χ3v) is 5.00. The molecule has 2 aliphatic rings. The molecule has 0 radical (unpaired) electrons. The van der Waals surface area contributed by atoms with E-state index < -0.39 is 0 Å². The fraction of sp³-hybridized carbons (Fsp3) is 0.765. The first kappa shape index (κ1) is 18.6. The molecule has 3 rings (SSSR count). The lowest BCUT2D eigenvalue weighted by Crippen LogP contribution is -2.48. The van der Waals surface area contributed by atoms with Crippen molar-refractivity contribution >= 4 is 11.9 Å². The lowest BCUT2D eigenvalue weighted by Gasteiger charge is -2.37. The Bertz CT molecular complexity index is 626. The molecular formula is C17H28N6O3. The van der Waals surface area contributed by atoms with E-state index in [4.69, 9.17) is 4.74 Å². The number of morpholine rings is 1. The van der Waals surface area contributed by atoms with Crippen LogP contribution < -0.4 is 0 Å². The quantitative estimate of drug-likeness (QED) is 0.784. The highest BCUT2D eigenvalue weighted by Crippen LogP contribution is 2.21. The lowest BCUT2D eigenvalue weighted by molar-refractivity contribution is 0.0299. The van der Waals surface area contributed by atoms with Crippen LogP contribution in [0.25, 0.3) is 0 Å². The van der Waals surface area contributed by atoms with Crippen molar-refractivity contribution in [2.45, 2.75) is 38.3 Å². The zero-order chi connectivity index (χ0) is 18.5. The molecule has 1 aromatic heterocycles. The summed E-state index contributed by atoms with van der Waals surface area (Å²) in [5.41, 5.74) is 0.372. The van der Waals surface area contributed by atoms with Gasteiger partial charge >= 0.3 is 6.03 Å². The van der Waals surface area contributed by atoms with Gasteiger partial charge in [-0.3, -0.25) is 9.48 Å². The molecule has 1 aromatic rings. The Hall–Kier alpha value is -2.16. The van der Waals surface area contributed by atoms with E-state index in [2.05, 4.69) is 10.3 Å². The molecule has 144 valence electrons. The van der Waals surface area contributed by atoms with Crippen LogP contribution in [0.2, 0.25) is 0 Å². The zero-order valence-electron chi connectivity index (χ0n) is 15.6. The number of ether oxygens (including phenoxy) is 1. The molecule has 3 heterocycles. The largest absolute Gasteiger partial charge is 0.378 e. The summed E-state index contributed by atoms with van der Waals surface area (Å²) in [5.74, 6) is -0.0957. The molecule has 2 saturated heterocycles. The zero-order valence-corrected chi connectivity index (χ0v) is 15.6. The van der Waals surface area contributed by atoms with Crippen LogP contribution in [-0.4, -0.2) is 94.6 Å². The normalized spacial score (nSPS) is 20.9. The molecule has 2 fully saturated rings. The Morgan fingerprint density at radius 1 is 1.23 bits per heavy atom. The van der Waals surface area contributed by atoms with Crippen molar-refractivity contribution < 1.29 is 14.3 Å². The fourth-order valence-corrected chi connectivity index (χ4v) is 3.52. The SMILES string of the molecule is CN(C)C(=O)N1CCCCC1CCn1cc(C(=O)N2CCOCC2)nn1. The van der Waals surface area contributed by atoms with Gasteiger partial charge < -0.3 is 19.4 Å². The Labute approximate surface area is 153 Å². The van der Waals surface area contributed by atoms with Crippen LogP contribution >= 0.6 is 0 Å². The Morgan fingerprint density at radius 2 is 2.00 bits per heavy atom. The highest BCUT2D eigenvalue weighted by molar-refractivity contribution is 5.91. The average Bonchev–Trinajstić information content (AvgIpc) is 3.15. The summed E-state index contributed by atoms with van der Waals surface area (Å²) in [6.45, 7) is 3.77. The number of rotatable bonds is 4. The number of amides is 3. The molecule has 9 heteroatoms. The second-order valence-corrected chi connectivity index (χ2v) is 7.08. The van der Waals surface area contributed by atoms with Gasteiger partial charge in [0.25, 0.3) is 5.91 Å². The molecule has 1 unspecified atom stereocenters. The van der Waals surface area contributed by atoms with Gasteiger partial charge in [0.2, 0.25) is 0 Å². The third kappa shape index (κ3) is 4.32. The first-order valence-electron chi connectivity index (χ1n) is 9.31. The molecule has 9 nitrogen and oxygen atoms in total. The molecule has 2 aliphatic heterocycles. The van der Waals surface area contributed by atoms with E-state index in [9.17, 15) is 9.59 Å². The van der Waals surface area contributed by atoms with E-state index in [0.717, 1.165) is 32.2 Å². The van der Waals surface area contributed by atoms with Gasteiger partial charge in [-0.25, -0.2) is 4.79 Å². The van der Waals surface area contributed by atoms with E-state index in [-0.39, 0.29) is 18.0 Å². The number of aromatic nitrogens is 3. The average molecular weight is 364 g/mol. The van der Waals surface area contributed by atoms with E-state index in [1.165, 1.54) is 0 Å². The lowest BCUT2D eigenvalue weighted by atomic mass is 10.00. The smallest absolute Gasteiger partial charge is 0.319 e. The van der Waals surface area contributed by atoms with Crippen molar-refractivity contribution in [1.82, 2.24) is 29.7 Å². The predicted molar refractivity (Wildman–Crippen MR) is 94.8 cm³/mol. The van der Waals surface area contributed by atoms with Crippen LogP contribution in [0.15, 0.2) is 6.20 Å². The fourth-order valence-electron chi connectivity index (χ4n) is 3.52. The van der Waals surface area contributed by atoms with E-state index in [1.54, 1.807) is 34.8 Å². The van der Waals surface area contributed by atoms with Gasteiger partial charge in [0.05, 0.1) is 19.4 Å². The number of hydrogen-bond acceptors (Lipinski definition) is 5.